The zero-order chi connectivity index (χ0) is 29.8. The zero-order valence-corrected chi connectivity index (χ0v) is 25.6. The number of ether oxygens (including phenoxy) is 1. The summed E-state index contributed by atoms with van der Waals surface area (Å²) in [7, 11) is -2.69. The lowest BCUT2D eigenvalue weighted by molar-refractivity contribution is 0.487. The summed E-state index contributed by atoms with van der Waals surface area (Å²) in [5.74, 6) is 1.91. The highest BCUT2D eigenvalue weighted by atomic mass is 28.3. The molecule has 212 valence electrons. The van der Waals surface area contributed by atoms with Crippen molar-refractivity contribution in [1.29, 1.82) is 0 Å². The molecule has 0 N–H and O–H groups in total. The Bertz CT molecular complexity index is 2150. The molecule has 0 aromatic heterocycles. The lowest BCUT2D eigenvalue weighted by atomic mass is 10.0. The molecule has 0 saturated carbocycles. The normalized spacial score (nSPS) is 13.2. The first-order chi connectivity index (χ1) is 22.3. The van der Waals surface area contributed by atoms with Gasteiger partial charge in [0, 0.05) is 17.1 Å². The van der Waals surface area contributed by atoms with Gasteiger partial charge in [0.2, 0.25) is 0 Å². The summed E-state index contributed by atoms with van der Waals surface area (Å²) in [6, 6.07) is 63.7. The van der Waals surface area contributed by atoms with E-state index in [2.05, 4.69) is 181 Å². The second-order valence-electron chi connectivity index (χ2n) is 11.7. The fourth-order valence-corrected chi connectivity index (χ4v) is 12.8. The Balaban J connectivity index is 1.28. The predicted octanol–water partition coefficient (Wildman–Crippen LogP) is 8.29. The molecule has 0 saturated heterocycles. The van der Waals surface area contributed by atoms with Crippen LogP contribution in [0.1, 0.15) is 0 Å². The van der Waals surface area contributed by atoms with E-state index in [1.165, 1.54) is 43.0 Å². The maximum Gasteiger partial charge on any atom is 0.189 e. The lowest BCUT2D eigenvalue weighted by Crippen LogP contribution is -2.74. The standard InChI is InChI=1S/C42H29NOSi/c1-3-13-30(14-4-1)31-23-25-33(26-24-31)43(32-15-5-2-6-16-32)34-27-28-38-42(29-34)45(41-22-12-9-19-37(41)44-38)39-20-10-7-17-35(39)36-18-8-11-21-40(36)45/h1-29H. The fourth-order valence-electron chi connectivity index (χ4n) is 7.44. The van der Waals surface area contributed by atoms with Gasteiger partial charge in [-0.2, -0.15) is 0 Å². The van der Waals surface area contributed by atoms with Gasteiger partial charge in [-0.25, -0.2) is 0 Å². The van der Waals surface area contributed by atoms with Crippen molar-refractivity contribution in [2.45, 2.75) is 0 Å². The van der Waals surface area contributed by atoms with Crippen LogP contribution in [0.5, 0.6) is 11.5 Å². The summed E-state index contributed by atoms with van der Waals surface area (Å²) >= 11 is 0. The van der Waals surface area contributed by atoms with E-state index >= 15 is 0 Å². The zero-order valence-electron chi connectivity index (χ0n) is 24.6. The van der Waals surface area contributed by atoms with Gasteiger partial charge >= 0.3 is 0 Å². The molecular formula is C42H29NOSi. The van der Waals surface area contributed by atoms with Crippen molar-refractivity contribution in [3.05, 3.63) is 176 Å². The number of hydrogen-bond acceptors (Lipinski definition) is 2. The minimum absolute atomic E-state index is 0.947. The molecule has 0 unspecified atom stereocenters. The van der Waals surface area contributed by atoms with Crippen LogP contribution in [0.2, 0.25) is 0 Å². The molecule has 7 aromatic rings. The highest BCUT2D eigenvalue weighted by Crippen LogP contribution is 2.40. The monoisotopic (exact) mass is 591 g/mol. The lowest BCUT2D eigenvalue weighted by Gasteiger charge is -2.38. The maximum absolute atomic E-state index is 6.72. The molecule has 7 aromatic carbocycles. The molecule has 2 aliphatic rings. The van der Waals surface area contributed by atoms with Crippen LogP contribution in [-0.4, -0.2) is 8.07 Å². The molecule has 0 amide bonds. The summed E-state index contributed by atoms with van der Waals surface area (Å²) in [5, 5.41) is 5.46. The molecule has 0 fully saturated rings. The summed E-state index contributed by atoms with van der Waals surface area (Å²) in [6.45, 7) is 0. The Morgan fingerprint density at radius 1 is 0.356 bits per heavy atom. The quantitative estimate of drug-likeness (QED) is 0.191. The van der Waals surface area contributed by atoms with Gasteiger partial charge in [-0.05, 0) is 91.5 Å². The summed E-state index contributed by atoms with van der Waals surface area (Å²) in [4.78, 5) is 2.37. The first kappa shape index (κ1) is 25.8. The Labute approximate surface area is 264 Å². The highest BCUT2D eigenvalue weighted by molar-refractivity contribution is 7.23. The molecule has 0 radical (unpaired) electrons. The van der Waals surface area contributed by atoms with Crippen LogP contribution < -0.4 is 30.4 Å². The van der Waals surface area contributed by atoms with Gasteiger partial charge in [-0.1, -0.05) is 127 Å². The van der Waals surface area contributed by atoms with Crippen molar-refractivity contribution in [3.63, 3.8) is 0 Å². The Hall–Kier alpha value is -5.64. The minimum Gasteiger partial charge on any atom is -0.458 e. The second kappa shape index (κ2) is 10.2. The van der Waals surface area contributed by atoms with Crippen molar-refractivity contribution in [3.8, 4) is 33.8 Å². The SMILES string of the molecule is c1ccc(-c2ccc(N(c3ccccc3)c3ccc4c(c3)[Si]3(c5ccccc5O4)c4ccccc4-c4ccccc43)cc2)cc1. The Kier molecular flexibility index (Phi) is 5.87. The van der Waals surface area contributed by atoms with Crippen molar-refractivity contribution >= 4 is 45.9 Å². The first-order valence-corrected chi connectivity index (χ1v) is 17.4. The minimum atomic E-state index is -2.69. The van der Waals surface area contributed by atoms with E-state index in [-0.39, 0.29) is 0 Å². The predicted molar refractivity (Wildman–Crippen MR) is 189 cm³/mol. The van der Waals surface area contributed by atoms with Crippen LogP contribution in [0.15, 0.2) is 176 Å². The van der Waals surface area contributed by atoms with Crippen LogP contribution in [0, 0.1) is 0 Å². The first-order valence-electron chi connectivity index (χ1n) is 15.4. The number of benzene rings is 7. The smallest absolute Gasteiger partial charge is 0.189 e. The van der Waals surface area contributed by atoms with Crippen LogP contribution in [0.4, 0.5) is 17.1 Å². The van der Waals surface area contributed by atoms with Gasteiger partial charge in [-0.15, -0.1) is 0 Å². The number of rotatable bonds is 4. The molecule has 0 atom stereocenters. The molecule has 0 bridgehead atoms. The maximum atomic E-state index is 6.72. The molecule has 45 heavy (non-hydrogen) atoms. The van der Waals surface area contributed by atoms with E-state index in [1.807, 2.05) is 0 Å². The Morgan fingerprint density at radius 3 is 1.53 bits per heavy atom. The molecule has 2 aliphatic heterocycles. The summed E-state index contributed by atoms with van der Waals surface area (Å²) < 4.78 is 6.72. The van der Waals surface area contributed by atoms with E-state index in [9.17, 15) is 0 Å². The third-order valence-corrected chi connectivity index (χ3v) is 14.2. The van der Waals surface area contributed by atoms with Crippen LogP contribution >= 0.6 is 0 Å². The summed E-state index contributed by atoms with van der Waals surface area (Å²) in [5.41, 5.74) is 8.43. The van der Waals surface area contributed by atoms with Gasteiger partial charge in [0.25, 0.3) is 0 Å². The van der Waals surface area contributed by atoms with Crippen molar-refractivity contribution in [2.75, 3.05) is 4.90 Å². The Morgan fingerprint density at radius 2 is 0.844 bits per heavy atom. The second-order valence-corrected chi connectivity index (χ2v) is 15.4. The molecule has 0 aliphatic carbocycles. The van der Waals surface area contributed by atoms with Gasteiger partial charge in [0.05, 0.1) is 0 Å². The molecule has 2 nitrogen and oxygen atoms in total. The van der Waals surface area contributed by atoms with E-state index < -0.39 is 8.07 Å². The third-order valence-electron chi connectivity index (χ3n) is 9.34. The molecule has 2 heterocycles. The highest BCUT2D eigenvalue weighted by Gasteiger charge is 2.53. The molecule has 3 heteroatoms. The molecular weight excluding hydrogens is 563 g/mol. The number of hydrogen-bond donors (Lipinski definition) is 0. The van der Waals surface area contributed by atoms with Crippen molar-refractivity contribution in [1.82, 2.24) is 0 Å². The summed E-state index contributed by atoms with van der Waals surface area (Å²) in [6.07, 6.45) is 0. The van der Waals surface area contributed by atoms with E-state index in [0.29, 0.717) is 0 Å². The topological polar surface area (TPSA) is 12.5 Å². The van der Waals surface area contributed by atoms with E-state index in [0.717, 1.165) is 28.6 Å². The number of para-hydroxylation sites is 2. The largest absolute Gasteiger partial charge is 0.458 e. The van der Waals surface area contributed by atoms with Gasteiger partial charge in [-0.3, -0.25) is 0 Å². The molecule has 1 spiro atoms. The van der Waals surface area contributed by atoms with Crippen LogP contribution in [0.25, 0.3) is 22.3 Å². The van der Waals surface area contributed by atoms with Crippen LogP contribution in [0.3, 0.4) is 0 Å². The number of nitrogens with zero attached hydrogens (tertiary/aromatic N) is 1. The van der Waals surface area contributed by atoms with Gasteiger partial charge in [0.1, 0.15) is 11.5 Å². The van der Waals surface area contributed by atoms with E-state index in [4.69, 9.17) is 4.74 Å². The average molecular weight is 592 g/mol. The average Bonchev–Trinajstić information content (AvgIpc) is 3.41. The van der Waals surface area contributed by atoms with E-state index in [1.54, 1.807) is 0 Å². The fraction of sp³-hybridized carbons (Fsp3) is 0. The van der Waals surface area contributed by atoms with Gasteiger partial charge in [0.15, 0.2) is 8.07 Å². The van der Waals surface area contributed by atoms with Crippen molar-refractivity contribution < 1.29 is 4.74 Å². The number of anilines is 3. The van der Waals surface area contributed by atoms with Crippen molar-refractivity contribution in [2.24, 2.45) is 0 Å². The van der Waals surface area contributed by atoms with Gasteiger partial charge < -0.3 is 9.64 Å². The van der Waals surface area contributed by atoms with Crippen LogP contribution in [-0.2, 0) is 0 Å². The number of fused-ring (bicyclic) bond motifs is 9. The molecule has 9 rings (SSSR count). The third kappa shape index (κ3) is 3.88.